The number of hydrogen-bond acceptors (Lipinski definition) is 3. The zero-order valence-corrected chi connectivity index (χ0v) is 17.0. The lowest BCUT2D eigenvalue weighted by molar-refractivity contribution is -0.143. The second-order valence-electron chi connectivity index (χ2n) is 7.68. The number of carbonyl (C=O) groups is 2. The van der Waals surface area contributed by atoms with Gasteiger partial charge in [0.1, 0.15) is 6.10 Å². The Balaban J connectivity index is 1.34. The Labute approximate surface area is 176 Å². The van der Waals surface area contributed by atoms with E-state index in [0.29, 0.717) is 37.6 Å². The second-order valence-corrected chi connectivity index (χ2v) is 8.12. The molecular formula is C23H25ClN2O3. The predicted molar refractivity (Wildman–Crippen MR) is 114 cm³/mol. The highest BCUT2D eigenvalue weighted by molar-refractivity contribution is 6.30. The van der Waals surface area contributed by atoms with Crippen LogP contribution in [0.3, 0.4) is 0 Å². The number of hydrogen-bond donors (Lipinski definition) is 1. The molecule has 0 spiro atoms. The van der Waals surface area contributed by atoms with Crippen LogP contribution in [0, 0.1) is 5.92 Å². The molecule has 2 fully saturated rings. The molecule has 2 heterocycles. The lowest BCUT2D eigenvalue weighted by atomic mass is 9.95. The quantitative estimate of drug-likeness (QED) is 0.811. The lowest BCUT2D eigenvalue weighted by Gasteiger charge is -2.32. The minimum atomic E-state index is -0.283. The Bertz CT molecular complexity index is 887. The highest BCUT2D eigenvalue weighted by Crippen LogP contribution is 2.27. The van der Waals surface area contributed by atoms with Crippen molar-refractivity contribution < 1.29 is 14.3 Å². The Morgan fingerprint density at radius 1 is 1.00 bits per heavy atom. The van der Waals surface area contributed by atoms with Gasteiger partial charge in [-0.1, -0.05) is 35.9 Å². The molecule has 0 bridgehead atoms. The SMILES string of the molecule is O=C(Nc1cccc(-c2cccc(Cl)c2)c1)C1CCN(C(=O)[C@H]2CCCO2)CC1. The van der Waals surface area contributed by atoms with Crippen LogP contribution >= 0.6 is 11.6 Å². The van der Waals surface area contributed by atoms with Crippen molar-refractivity contribution in [2.45, 2.75) is 31.8 Å². The molecule has 0 saturated carbocycles. The molecule has 6 heteroatoms. The molecule has 1 N–H and O–H groups in total. The standard InChI is InChI=1S/C23H25ClN2O3/c24-19-6-1-4-17(14-19)18-5-2-7-20(15-18)25-22(27)16-9-11-26(12-10-16)23(28)21-8-3-13-29-21/h1-2,4-7,14-16,21H,3,8-13H2,(H,25,27)/t21-/m1/s1. The van der Waals surface area contributed by atoms with Crippen LogP contribution in [-0.4, -0.2) is 42.5 Å². The average molecular weight is 413 g/mol. The van der Waals surface area contributed by atoms with Gasteiger partial charge in [-0.15, -0.1) is 0 Å². The van der Waals surface area contributed by atoms with E-state index in [1.54, 1.807) is 0 Å². The summed E-state index contributed by atoms with van der Waals surface area (Å²) in [7, 11) is 0. The van der Waals surface area contributed by atoms with Gasteiger partial charge in [0.05, 0.1) is 0 Å². The molecule has 2 saturated heterocycles. The van der Waals surface area contributed by atoms with Crippen LogP contribution in [-0.2, 0) is 14.3 Å². The second kappa shape index (κ2) is 8.97. The summed E-state index contributed by atoms with van der Waals surface area (Å²) >= 11 is 6.09. The third kappa shape index (κ3) is 4.80. The Hall–Kier alpha value is -2.37. The molecule has 0 aliphatic carbocycles. The first-order valence-corrected chi connectivity index (χ1v) is 10.6. The van der Waals surface area contributed by atoms with Gasteiger partial charge in [-0.25, -0.2) is 0 Å². The fourth-order valence-electron chi connectivity index (χ4n) is 4.03. The van der Waals surface area contributed by atoms with E-state index in [-0.39, 0.29) is 23.8 Å². The zero-order chi connectivity index (χ0) is 20.2. The molecule has 2 amide bonds. The fourth-order valence-corrected chi connectivity index (χ4v) is 4.22. The maximum absolute atomic E-state index is 12.7. The summed E-state index contributed by atoms with van der Waals surface area (Å²) in [5.41, 5.74) is 2.78. The van der Waals surface area contributed by atoms with Crippen molar-refractivity contribution in [2.75, 3.05) is 25.0 Å². The Morgan fingerprint density at radius 2 is 1.72 bits per heavy atom. The van der Waals surface area contributed by atoms with Crippen molar-refractivity contribution in [1.82, 2.24) is 4.90 Å². The largest absolute Gasteiger partial charge is 0.368 e. The third-order valence-corrected chi connectivity index (χ3v) is 5.91. The molecule has 2 aliphatic heterocycles. The molecular weight excluding hydrogens is 388 g/mol. The molecule has 2 aromatic rings. The molecule has 5 nitrogen and oxygen atoms in total. The Morgan fingerprint density at radius 3 is 2.41 bits per heavy atom. The highest BCUT2D eigenvalue weighted by atomic mass is 35.5. The first-order valence-electron chi connectivity index (χ1n) is 10.2. The van der Waals surface area contributed by atoms with E-state index >= 15 is 0 Å². The molecule has 0 unspecified atom stereocenters. The van der Waals surface area contributed by atoms with Crippen LogP contribution in [0.1, 0.15) is 25.7 Å². The van der Waals surface area contributed by atoms with E-state index in [1.807, 2.05) is 53.4 Å². The molecule has 2 aliphatic rings. The zero-order valence-electron chi connectivity index (χ0n) is 16.3. The lowest BCUT2D eigenvalue weighted by Crippen LogP contribution is -2.45. The summed E-state index contributed by atoms with van der Waals surface area (Å²) < 4.78 is 5.50. The van der Waals surface area contributed by atoms with E-state index in [0.717, 1.165) is 29.7 Å². The molecule has 2 aromatic carbocycles. The summed E-state index contributed by atoms with van der Waals surface area (Å²) in [6.07, 6.45) is 2.83. The summed E-state index contributed by atoms with van der Waals surface area (Å²) in [4.78, 5) is 27.0. The van der Waals surface area contributed by atoms with Crippen molar-refractivity contribution in [2.24, 2.45) is 5.92 Å². The number of piperidine rings is 1. The van der Waals surface area contributed by atoms with Crippen LogP contribution in [0.4, 0.5) is 5.69 Å². The van der Waals surface area contributed by atoms with Crippen molar-refractivity contribution >= 4 is 29.1 Å². The molecule has 0 aromatic heterocycles. The minimum Gasteiger partial charge on any atom is -0.368 e. The maximum Gasteiger partial charge on any atom is 0.251 e. The first-order chi connectivity index (χ1) is 14.1. The normalized spacial score (nSPS) is 19.9. The van der Waals surface area contributed by atoms with Crippen molar-refractivity contribution in [1.29, 1.82) is 0 Å². The number of carbonyl (C=O) groups excluding carboxylic acids is 2. The molecule has 29 heavy (non-hydrogen) atoms. The molecule has 152 valence electrons. The van der Waals surface area contributed by atoms with Crippen LogP contribution in [0.25, 0.3) is 11.1 Å². The number of amides is 2. The molecule has 1 atom stereocenters. The predicted octanol–water partition coefficient (Wildman–Crippen LogP) is 4.36. The summed E-state index contributed by atoms with van der Waals surface area (Å²) in [5.74, 6) is 0.00594. The fraction of sp³-hybridized carbons (Fsp3) is 0.391. The number of anilines is 1. The maximum atomic E-state index is 12.7. The van der Waals surface area contributed by atoms with E-state index in [9.17, 15) is 9.59 Å². The average Bonchev–Trinajstić information content (AvgIpc) is 3.28. The van der Waals surface area contributed by atoms with Gasteiger partial charge in [0.2, 0.25) is 5.91 Å². The smallest absolute Gasteiger partial charge is 0.251 e. The van der Waals surface area contributed by atoms with E-state index in [1.165, 1.54) is 0 Å². The summed E-state index contributed by atoms with van der Waals surface area (Å²) in [6.45, 7) is 1.89. The van der Waals surface area contributed by atoms with Gasteiger partial charge in [0.25, 0.3) is 5.91 Å². The van der Waals surface area contributed by atoms with Crippen molar-refractivity contribution in [3.05, 3.63) is 53.6 Å². The van der Waals surface area contributed by atoms with Gasteiger partial charge < -0.3 is 15.0 Å². The van der Waals surface area contributed by atoms with Gasteiger partial charge in [-0.05, 0) is 61.1 Å². The number of likely N-dealkylation sites (tertiary alicyclic amines) is 1. The van der Waals surface area contributed by atoms with E-state index < -0.39 is 0 Å². The first kappa shape index (κ1) is 19.9. The van der Waals surface area contributed by atoms with Gasteiger partial charge in [-0.3, -0.25) is 9.59 Å². The van der Waals surface area contributed by atoms with Crippen molar-refractivity contribution in [3.8, 4) is 11.1 Å². The third-order valence-electron chi connectivity index (χ3n) is 5.67. The van der Waals surface area contributed by atoms with Gasteiger partial charge in [0, 0.05) is 36.3 Å². The number of ether oxygens (including phenoxy) is 1. The summed E-state index contributed by atoms with van der Waals surface area (Å²) in [6, 6.07) is 15.4. The van der Waals surface area contributed by atoms with Gasteiger partial charge in [0.15, 0.2) is 0 Å². The van der Waals surface area contributed by atoms with Crippen molar-refractivity contribution in [3.63, 3.8) is 0 Å². The van der Waals surface area contributed by atoms with E-state index in [4.69, 9.17) is 16.3 Å². The topological polar surface area (TPSA) is 58.6 Å². The Kier molecular flexibility index (Phi) is 6.16. The monoisotopic (exact) mass is 412 g/mol. The molecule has 4 rings (SSSR count). The van der Waals surface area contributed by atoms with Gasteiger partial charge >= 0.3 is 0 Å². The molecule has 0 radical (unpaired) electrons. The number of rotatable bonds is 4. The number of nitrogens with one attached hydrogen (secondary N) is 1. The summed E-state index contributed by atoms with van der Waals surface area (Å²) in [5, 5.41) is 3.72. The van der Waals surface area contributed by atoms with E-state index in [2.05, 4.69) is 5.32 Å². The van der Waals surface area contributed by atoms with Crippen LogP contribution in [0.15, 0.2) is 48.5 Å². The number of nitrogens with zero attached hydrogens (tertiary/aromatic N) is 1. The number of halogens is 1. The van der Waals surface area contributed by atoms with Crippen LogP contribution in [0.2, 0.25) is 5.02 Å². The minimum absolute atomic E-state index is 0.0115. The highest BCUT2D eigenvalue weighted by Gasteiger charge is 2.32. The van der Waals surface area contributed by atoms with Crippen LogP contribution in [0.5, 0.6) is 0 Å². The number of benzene rings is 2. The van der Waals surface area contributed by atoms with Gasteiger partial charge in [-0.2, -0.15) is 0 Å². The van der Waals surface area contributed by atoms with Crippen LogP contribution < -0.4 is 5.32 Å².